The van der Waals surface area contributed by atoms with E-state index in [1.807, 2.05) is 6.92 Å². The number of carboxylic acids is 1. The molecule has 0 saturated heterocycles. The zero-order valence-corrected chi connectivity index (χ0v) is 8.05. The second kappa shape index (κ2) is 6.28. The molecule has 4 N–H and O–H groups in total. The van der Waals surface area contributed by atoms with Gasteiger partial charge in [-0.1, -0.05) is 6.92 Å². The van der Waals surface area contributed by atoms with E-state index in [9.17, 15) is 4.79 Å². The summed E-state index contributed by atoms with van der Waals surface area (Å²) in [5.74, 6) is -0.598. The summed E-state index contributed by atoms with van der Waals surface area (Å²) in [6, 6.07) is -0.572. The maximum atomic E-state index is 10.5. The summed E-state index contributed by atoms with van der Waals surface area (Å²) >= 11 is 3.90. The van der Waals surface area contributed by atoms with Crippen molar-refractivity contribution in [2.45, 2.75) is 25.4 Å². The predicted molar refractivity (Wildman–Crippen MR) is 51.5 cm³/mol. The standard InChI is InChI=1S/C7H16N2O2S/c1-2-5(8)3-9-6(4-12)7(10)11/h5-6,9,12H,2-4,8H2,1H3,(H,10,11)/t5?,6-/m0/s1. The van der Waals surface area contributed by atoms with E-state index in [-0.39, 0.29) is 11.8 Å². The Balaban J connectivity index is 3.65. The van der Waals surface area contributed by atoms with Crippen molar-refractivity contribution in [1.29, 1.82) is 0 Å². The molecule has 0 heterocycles. The van der Waals surface area contributed by atoms with Gasteiger partial charge in [-0.2, -0.15) is 12.6 Å². The van der Waals surface area contributed by atoms with Gasteiger partial charge in [0, 0.05) is 18.3 Å². The lowest BCUT2D eigenvalue weighted by atomic mass is 10.2. The van der Waals surface area contributed by atoms with Crippen molar-refractivity contribution in [1.82, 2.24) is 5.32 Å². The van der Waals surface area contributed by atoms with Crippen molar-refractivity contribution < 1.29 is 9.90 Å². The van der Waals surface area contributed by atoms with Gasteiger partial charge < -0.3 is 16.2 Å². The van der Waals surface area contributed by atoms with E-state index in [0.29, 0.717) is 6.54 Å². The lowest BCUT2D eigenvalue weighted by Gasteiger charge is -2.14. The van der Waals surface area contributed by atoms with Crippen molar-refractivity contribution in [2.75, 3.05) is 12.3 Å². The quantitative estimate of drug-likeness (QED) is 0.436. The summed E-state index contributed by atoms with van der Waals surface area (Å²) in [6.07, 6.45) is 0.839. The highest BCUT2D eigenvalue weighted by Gasteiger charge is 2.14. The maximum absolute atomic E-state index is 10.5. The third-order valence-electron chi connectivity index (χ3n) is 1.63. The summed E-state index contributed by atoms with van der Waals surface area (Å²) in [5, 5.41) is 11.4. The topological polar surface area (TPSA) is 75.3 Å². The summed E-state index contributed by atoms with van der Waals surface area (Å²) in [4.78, 5) is 10.5. The number of hydrogen-bond acceptors (Lipinski definition) is 4. The Labute approximate surface area is 77.9 Å². The van der Waals surface area contributed by atoms with Gasteiger partial charge in [0.05, 0.1) is 0 Å². The molecule has 12 heavy (non-hydrogen) atoms. The van der Waals surface area contributed by atoms with E-state index >= 15 is 0 Å². The van der Waals surface area contributed by atoms with Gasteiger partial charge in [0.1, 0.15) is 6.04 Å². The molecule has 0 aliphatic carbocycles. The van der Waals surface area contributed by atoms with Gasteiger partial charge in [0.15, 0.2) is 0 Å². The number of nitrogens with two attached hydrogens (primary N) is 1. The monoisotopic (exact) mass is 192 g/mol. The lowest BCUT2D eigenvalue weighted by molar-refractivity contribution is -0.138. The molecule has 72 valence electrons. The Bertz CT molecular complexity index is 143. The number of aliphatic carboxylic acids is 1. The molecule has 0 aromatic rings. The molecule has 0 aliphatic rings. The Morgan fingerprint density at radius 3 is 2.67 bits per heavy atom. The molecule has 0 amide bonds. The van der Waals surface area contributed by atoms with Crippen molar-refractivity contribution >= 4 is 18.6 Å². The van der Waals surface area contributed by atoms with Crippen LogP contribution in [0, 0.1) is 0 Å². The van der Waals surface area contributed by atoms with Crippen molar-refractivity contribution in [3.63, 3.8) is 0 Å². The molecule has 5 heteroatoms. The van der Waals surface area contributed by atoms with Gasteiger partial charge in [-0.05, 0) is 6.42 Å². The second-order valence-corrected chi connectivity index (χ2v) is 3.02. The van der Waals surface area contributed by atoms with Crippen LogP contribution in [0.4, 0.5) is 0 Å². The van der Waals surface area contributed by atoms with Gasteiger partial charge in [0.2, 0.25) is 0 Å². The minimum Gasteiger partial charge on any atom is -0.480 e. The highest BCUT2D eigenvalue weighted by Crippen LogP contribution is 1.90. The summed E-state index contributed by atoms with van der Waals surface area (Å²) in [7, 11) is 0. The number of carboxylic acid groups (broad SMARTS) is 1. The number of nitrogens with one attached hydrogen (secondary N) is 1. The lowest BCUT2D eigenvalue weighted by Crippen LogP contribution is -2.44. The summed E-state index contributed by atoms with van der Waals surface area (Å²) in [5.41, 5.74) is 5.60. The van der Waals surface area contributed by atoms with Crippen molar-refractivity contribution in [3.05, 3.63) is 0 Å². The Morgan fingerprint density at radius 1 is 1.75 bits per heavy atom. The second-order valence-electron chi connectivity index (χ2n) is 2.65. The number of rotatable bonds is 6. The molecule has 4 nitrogen and oxygen atoms in total. The predicted octanol–water partition coefficient (Wildman–Crippen LogP) is -0.304. The average Bonchev–Trinajstić information content (AvgIpc) is 2.04. The van der Waals surface area contributed by atoms with Crippen LogP contribution in [0.3, 0.4) is 0 Å². The molecule has 0 bridgehead atoms. The van der Waals surface area contributed by atoms with Crippen molar-refractivity contribution in [2.24, 2.45) is 5.73 Å². The molecular weight excluding hydrogens is 176 g/mol. The van der Waals surface area contributed by atoms with Crippen LogP contribution in [0.2, 0.25) is 0 Å². The smallest absolute Gasteiger partial charge is 0.321 e. The Kier molecular flexibility index (Phi) is 6.14. The van der Waals surface area contributed by atoms with Crippen LogP contribution in [0.15, 0.2) is 0 Å². The highest BCUT2D eigenvalue weighted by atomic mass is 32.1. The Hall–Kier alpha value is -0.260. The third-order valence-corrected chi connectivity index (χ3v) is 2.00. The van der Waals surface area contributed by atoms with Crippen LogP contribution >= 0.6 is 12.6 Å². The van der Waals surface area contributed by atoms with Crippen LogP contribution < -0.4 is 11.1 Å². The van der Waals surface area contributed by atoms with Crippen molar-refractivity contribution in [3.8, 4) is 0 Å². The van der Waals surface area contributed by atoms with Gasteiger partial charge in [-0.3, -0.25) is 4.79 Å². The number of hydrogen-bond donors (Lipinski definition) is 4. The van der Waals surface area contributed by atoms with E-state index in [4.69, 9.17) is 10.8 Å². The van der Waals surface area contributed by atoms with Gasteiger partial charge in [-0.25, -0.2) is 0 Å². The fraction of sp³-hybridized carbons (Fsp3) is 0.857. The number of carbonyl (C=O) groups is 1. The normalized spacial score (nSPS) is 15.6. The van der Waals surface area contributed by atoms with Crippen LogP contribution in [0.5, 0.6) is 0 Å². The third kappa shape index (κ3) is 4.58. The van der Waals surface area contributed by atoms with E-state index < -0.39 is 12.0 Å². The minimum atomic E-state index is -0.881. The zero-order chi connectivity index (χ0) is 9.56. The van der Waals surface area contributed by atoms with Crippen LogP contribution in [0.1, 0.15) is 13.3 Å². The first-order valence-electron chi connectivity index (χ1n) is 3.94. The maximum Gasteiger partial charge on any atom is 0.321 e. The van der Waals surface area contributed by atoms with Crippen LogP contribution in [-0.4, -0.2) is 35.5 Å². The molecular formula is C7H16N2O2S. The molecule has 0 aromatic heterocycles. The van der Waals surface area contributed by atoms with Gasteiger partial charge >= 0.3 is 5.97 Å². The number of thiol groups is 1. The molecule has 0 aromatic carbocycles. The average molecular weight is 192 g/mol. The molecule has 0 fully saturated rings. The molecule has 1 unspecified atom stereocenters. The van der Waals surface area contributed by atoms with E-state index in [1.54, 1.807) is 0 Å². The van der Waals surface area contributed by atoms with Gasteiger partial charge in [-0.15, -0.1) is 0 Å². The highest BCUT2D eigenvalue weighted by molar-refractivity contribution is 7.80. The summed E-state index contributed by atoms with van der Waals surface area (Å²) < 4.78 is 0. The zero-order valence-electron chi connectivity index (χ0n) is 7.16. The molecule has 0 spiro atoms. The summed E-state index contributed by atoms with van der Waals surface area (Å²) in [6.45, 7) is 2.48. The fourth-order valence-electron chi connectivity index (χ4n) is 0.668. The molecule has 0 radical (unpaired) electrons. The molecule has 2 atom stereocenters. The largest absolute Gasteiger partial charge is 0.480 e. The Morgan fingerprint density at radius 2 is 2.33 bits per heavy atom. The molecule has 0 saturated carbocycles. The SMILES string of the molecule is CCC(N)CN[C@@H](CS)C(=O)O. The fourth-order valence-corrected chi connectivity index (χ4v) is 0.953. The first kappa shape index (κ1) is 11.7. The van der Waals surface area contributed by atoms with E-state index in [1.165, 1.54) is 0 Å². The van der Waals surface area contributed by atoms with Crippen LogP contribution in [-0.2, 0) is 4.79 Å². The minimum absolute atomic E-state index is 0.0201. The first-order chi connectivity index (χ1) is 5.61. The van der Waals surface area contributed by atoms with Crippen LogP contribution in [0.25, 0.3) is 0 Å². The van der Waals surface area contributed by atoms with Gasteiger partial charge in [0.25, 0.3) is 0 Å². The first-order valence-corrected chi connectivity index (χ1v) is 4.57. The molecule has 0 aliphatic heterocycles. The van der Waals surface area contributed by atoms with E-state index in [2.05, 4.69) is 17.9 Å². The van der Waals surface area contributed by atoms with E-state index in [0.717, 1.165) is 6.42 Å². The molecule has 0 rings (SSSR count).